The van der Waals surface area contributed by atoms with Gasteiger partial charge in [-0.25, -0.2) is 4.98 Å². The molecule has 2 aromatic rings. The van der Waals surface area contributed by atoms with Gasteiger partial charge in [-0.15, -0.1) is 11.3 Å². The molecule has 0 radical (unpaired) electrons. The van der Waals surface area contributed by atoms with Gasteiger partial charge in [0.15, 0.2) is 11.5 Å². The smallest absolute Gasteiger partial charge is 0.162 e. The van der Waals surface area contributed by atoms with Gasteiger partial charge in [-0.2, -0.15) is 0 Å². The second kappa shape index (κ2) is 5.73. The zero-order chi connectivity index (χ0) is 13.0. The summed E-state index contributed by atoms with van der Waals surface area (Å²) < 4.78 is 10.5. The predicted molar refractivity (Wildman–Crippen MR) is 73.7 cm³/mol. The Morgan fingerprint density at radius 3 is 2.61 bits per heavy atom. The Morgan fingerprint density at radius 1 is 1.22 bits per heavy atom. The molecule has 18 heavy (non-hydrogen) atoms. The largest absolute Gasteiger partial charge is 0.493 e. The second-order valence-electron chi connectivity index (χ2n) is 3.77. The minimum atomic E-state index is 0.725. The maximum absolute atomic E-state index is 5.26. The predicted octanol–water partition coefficient (Wildman–Crippen LogP) is 3.08. The van der Waals surface area contributed by atoms with Crippen LogP contribution in [-0.2, 0) is 6.54 Å². The molecule has 0 bridgehead atoms. The summed E-state index contributed by atoms with van der Waals surface area (Å²) in [5, 5.41) is 4.42. The van der Waals surface area contributed by atoms with Crippen LogP contribution in [0.2, 0.25) is 0 Å². The van der Waals surface area contributed by atoms with Crippen molar-refractivity contribution < 1.29 is 9.47 Å². The second-order valence-corrected chi connectivity index (χ2v) is 5.09. The lowest BCUT2D eigenvalue weighted by atomic mass is 10.2. The summed E-state index contributed by atoms with van der Waals surface area (Å²) in [6.07, 6.45) is 1.90. The molecule has 2 rings (SSSR count). The number of methoxy groups -OCH3 is 2. The van der Waals surface area contributed by atoms with Gasteiger partial charge in [0.05, 0.1) is 25.8 Å². The fourth-order valence-corrected chi connectivity index (χ4v) is 2.36. The topological polar surface area (TPSA) is 43.4 Å². The molecule has 0 unspecified atom stereocenters. The van der Waals surface area contributed by atoms with Crippen molar-refractivity contribution in [1.82, 2.24) is 4.98 Å². The maximum Gasteiger partial charge on any atom is 0.162 e. The summed E-state index contributed by atoms with van der Waals surface area (Å²) in [6.45, 7) is 2.77. The molecule has 0 aliphatic rings. The van der Waals surface area contributed by atoms with Crippen molar-refractivity contribution in [3.63, 3.8) is 0 Å². The molecule has 4 nitrogen and oxygen atoms in total. The molecule has 1 aromatic carbocycles. The average molecular weight is 264 g/mol. The number of thiazole rings is 1. The number of aromatic nitrogens is 1. The van der Waals surface area contributed by atoms with E-state index in [0.717, 1.165) is 28.7 Å². The third kappa shape index (κ3) is 2.92. The Labute approximate surface area is 111 Å². The zero-order valence-electron chi connectivity index (χ0n) is 10.7. The molecule has 96 valence electrons. The van der Waals surface area contributed by atoms with Gasteiger partial charge in [0.25, 0.3) is 0 Å². The van der Waals surface area contributed by atoms with Crippen molar-refractivity contribution in [3.05, 3.63) is 34.3 Å². The van der Waals surface area contributed by atoms with Crippen LogP contribution >= 0.6 is 11.3 Å². The van der Waals surface area contributed by atoms with Gasteiger partial charge in [0, 0.05) is 22.8 Å². The number of rotatable bonds is 5. The van der Waals surface area contributed by atoms with Gasteiger partial charge >= 0.3 is 0 Å². The number of anilines is 1. The number of aryl methyl sites for hydroxylation is 1. The summed E-state index contributed by atoms with van der Waals surface area (Å²) in [5.74, 6) is 1.46. The molecule has 0 fully saturated rings. The normalized spacial score (nSPS) is 10.2. The van der Waals surface area contributed by atoms with Crippen LogP contribution in [0.15, 0.2) is 24.4 Å². The van der Waals surface area contributed by atoms with Crippen molar-refractivity contribution in [1.29, 1.82) is 0 Å². The third-order valence-electron chi connectivity index (χ3n) is 2.52. The molecule has 5 heteroatoms. The summed E-state index contributed by atoms with van der Waals surface area (Å²) in [6, 6.07) is 5.78. The van der Waals surface area contributed by atoms with E-state index in [2.05, 4.69) is 10.3 Å². The van der Waals surface area contributed by atoms with Crippen molar-refractivity contribution >= 4 is 17.0 Å². The SMILES string of the molecule is COc1ccc(NCc2cnc(C)s2)cc1OC. The van der Waals surface area contributed by atoms with Gasteiger partial charge in [-0.05, 0) is 19.1 Å². The lowest BCUT2D eigenvalue weighted by Crippen LogP contribution is -1.98. The first-order valence-corrected chi connectivity index (χ1v) is 6.42. The van der Waals surface area contributed by atoms with Gasteiger partial charge in [-0.1, -0.05) is 0 Å². The van der Waals surface area contributed by atoms with Gasteiger partial charge in [0.2, 0.25) is 0 Å². The van der Waals surface area contributed by atoms with Crippen LogP contribution in [0.3, 0.4) is 0 Å². The van der Waals surface area contributed by atoms with Gasteiger partial charge < -0.3 is 14.8 Å². The molecular formula is C13H16N2O2S. The van der Waals surface area contributed by atoms with E-state index in [0.29, 0.717) is 0 Å². The minimum absolute atomic E-state index is 0.725. The maximum atomic E-state index is 5.26. The highest BCUT2D eigenvalue weighted by atomic mass is 32.1. The van der Waals surface area contributed by atoms with Crippen LogP contribution in [0, 0.1) is 6.92 Å². The van der Waals surface area contributed by atoms with E-state index >= 15 is 0 Å². The van der Waals surface area contributed by atoms with E-state index in [1.54, 1.807) is 25.6 Å². The quantitative estimate of drug-likeness (QED) is 0.901. The van der Waals surface area contributed by atoms with Crippen LogP contribution in [0.4, 0.5) is 5.69 Å². The molecule has 0 saturated heterocycles. The van der Waals surface area contributed by atoms with Crippen LogP contribution in [-0.4, -0.2) is 19.2 Å². The number of hydrogen-bond acceptors (Lipinski definition) is 5. The van der Waals surface area contributed by atoms with Crippen LogP contribution in [0.1, 0.15) is 9.88 Å². The van der Waals surface area contributed by atoms with Crippen molar-refractivity contribution in [2.45, 2.75) is 13.5 Å². The Bertz CT molecular complexity index is 525. The van der Waals surface area contributed by atoms with E-state index in [-0.39, 0.29) is 0 Å². The summed E-state index contributed by atoms with van der Waals surface area (Å²) in [4.78, 5) is 5.43. The Balaban J connectivity index is 2.05. The van der Waals surface area contributed by atoms with Crippen molar-refractivity contribution in [3.8, 4) is 11.5 Å². The highest BCUT2D eigenvalue weighted by Crippen LogP contribution is 2.30. The number of hydrogen-bond donors (Lipinski definition) is 1. The first kappa shape index (κ1) is 12.7. The number of nitrogens with zero attached hydrogens (tertiary/aromatic N) is 1. The van der Waals surface area contributed by atoms with Crippen LogP contribution < -0.4 is 14.8 Å². The van der Waals surface area contributed by atoms with Crippen molar-refractivity contribution in [2.24, 2.45) is 0 Å². The molecule has 1 aromatic heterocycles. The third-order valence-corrected chi connectivity index (χ3v) is 3.43. The molecule has 0 aliphatic carbocycles. The van der Waals surface area contributed by atoms with Gasteiger partial charge in [-0.3, -0.25) is 0 Å². The minimum Gasteiger partial charge on any atom is -0.493 e. The van der Waals surface area contributed by atoms with E-state index in [1.807, 2.05) is 31.3 Å². The Kier molecular flexibility index (Phi) is 4.04. The highest BCUT2D eigenvalue weighted by molar-refractivity contribution is 7.11. The van der Waals surface area contributed by atoms with E-state index < -0.39 is 0 Å². The van der Waals surface area contributed by atoms with Crippen LogP contribution in [0.25, 0.3) is 0 Å². The zero-order valence-corrected chi connectivity index (χ0v) is 11.5. The molecule has 0 spiro atoms. The molecule has 1 N–H and O–H groups in total. The number of benzene rings is 1. The Morgan fingerprint density at radius 2 is 2.00 bits per heavy atom. The van der Waals surface area contributed by atoms with Crippen LogP contribution in [0.5, 0.6) is 11.5 Å². The molecule has 0 saturated carbocycles. The van der Waals surface area contributed by atoms with E-state index in [4.69, 9.17) is 9.47 Å². The van der Waals surface area contributed by atoms with E-state index in [9.17, 15) is 0 Å². The first-order valence-electron chi connectivity index (χ1n) is 5.60. The Hall–Kier alpha value is -1.75. The first-order chi connectivity index (χ1) is 8.72. The number of nitrogens with one attached hydrogen (secondary N) is 1. The average Bonchev–Trinajstić information content (AvgIpc) is 2.81. The van der Waals surface area contributed by atoms with Crippen molar-refractivity contribution in [2.75, 3.05) is 19.5 Å². The molecule has 0 amide bonds. The fraction of sp³-hybridized carbons (Fsp3) is 0.308. The summed E-state index contributed by atoms with van der Waals surface area (Å²) in [7, 11) is 3.26. The molecular weight excluding hydrogens is 248 g/mol. The highest BCUT2D eigenvalue weighted by Gasteiger charge is 2.04. The molecule has 0 atom stereocenters. The molecule has 0 aliphatic heterocycles. The molecule has 1 heterocycles. The standard InChI is InChI=1S/C13H16N2O2S/c1-9-14-7-11(18-9)8-15-10-4-5-12(16-2)13(6-10)17-3/h4-7,15H,8H2,1-3H3. The van der Waals surface area contributed by atoms with E-state index in [1.165, 1.54) is 4.88 Å². The lowest BCUT2D eigenvalue weighted by Gasteiger charge is -2.10. The van der Waals surface area contributed by atoms with Gasteiger partial charge in [0.1, 0.15) is 0 Å². The summed E-state index contributed by atoms with van der Waals surface area (Å²) in [5.41, 5.74) is 0.999. The number of ether oxygens (including phenoxy) is 2. The summed E-state index contributed by atoms with van der Waals surface area (Å²) >= 11 is 1.70. The fourth-order valence-electron chi connectivity index (χ4n) is 1.62. The lowest BCUT2D eigenvalue weighted by molar-refractivity contribution is 0.355. The monoisotopic (exact) mass is 264 g/mol.